The molecule has 3 aromatic rings. The molecule has 1 amide bonds. The molecule has 0 unspecified atom stereocenters. The van der Waals surface area contributed by atoms with Crippen molar-refractivity contribution < 1.29 is 18.9 Å². The van der Waals surface area contributed by atoms with Crippen molar-refractivity contribution in [2.24, 2.45) is 0 Å². The fraction of sp³-hybridized carbons (Fsp3) is 0.167. The molecule has 0 radical (unpaired) electrons. The molecule has 0 saturated heterocycles. The summed E-state index contributed by atoms with van der Waals surface area (Å²) in [6, 6.07) is 11.6. The number of aromatic nitrogens is 2. The highest BCUT2D eigenvalue weighted by molar-refractivity contribution is 7.71. The molecular weight excluding hydrogens is 384 g/mol. The van der Waals surface area contributed by atoms with Crippen LogP contribution in [0.4, 0.5) is 11.4 Å². The van der Waals surface area contributed by atoms with Crippen molar-refractivity contribution in [3.8, 4) is 17.2 Å². The van der Waals surface area contributed by atoms with Crippen molar-refractivity contribution in [1.29, 1.82) is 0 Å². The van der Waals surface area contributed by atoms with Crippen molar-refractivity contribution in [2.45, 2.75) is 13.5 Å². The van der Waals surface area contributed by atoms with Crippen LogP contribution in [0.15, 0.2) is 46.9 Å². The molecule has 10 heteroatoms. The van der Waals surface area contributed by atoms with Crippen LogP contribution in [0.1, 0.15) is 5.56 Å². The van der Waals surface area contributed by atoms with E-state index in [1.54, 1.807) is 0 Å². The van der Waals surface area contributed by atoms with Crippen LogP contribution in [0.5, 0.6) is 5.75 Å². The predicted octanol–water partition coefficient (Wildman–Crippen LogP) is 3.74. The maximum Gasteiger partial charge on any atom is 0.296 e. The quantitative estimate of drug-likeness (QED) is 0.381. The summed E-state index contributed by atoms with van der Waals surface area (Å²) in [7, 11) is 1.40. The molecule has 0 fully saturated rings. The first kappa shape index (κ1) is 19.2. The van der Waals surface area contributed by atoms with Crippen LogP contribution >= 0.6 is 12.2 Å². The van der Waals surface area contributed by atoms with Crippen LogP contribution in [-0.2, 0) is 11.3 Å². The summed E-state index contributed by atoms with van der Waals surface area (Å²) in [5.41, 5.74) is 1.57. The van der Waals surface area contributed by atoms with E-state index in [4.69, 9.17) is 21.4 Å². The number of methoxy groups -OCH3 is 1. The Morgan fingerprint density at radius 3 is 2.68 bits per heavy atom. The van der Waals surface area contributed by atoms with Crippen LogP contribution < -0.4 is 10.1 Å². The third-order valence-corrected chi connectivity index (χ3v) is 4.17. The van der Waals surface area contributed by atoms with Crippen molar-refractivity contribution in [1.82, 2.24) is 9.78 Å². The van der Waals surface area contributed by atoms with E-state index in [1.165, 1.54) is 30.0 Å². The minimum atomic E-state index is -0.602. The molecule has 28 heavy (non-hydrogen) atoms. The summed E-state index contributed by atoms with van der Waals surface area (Å²) in [5, 5.41) is 17.9. The van der Waals surface area contributed by atoms with Crippen LogP contribution in [0.25, 0.3) is 11.5 Å². The van der Waals surface area contributed by atoms with E-state index in [9.17, 15) is 14.9 Å². The number of ether oxygens (including phenoxy) is 1. The number of nitrogens with zero attached hydrogens (tertiary/aromatic N) is 3. The smallest absolute Gasteiger partial charge is 0.296 e. The Kier molecular flexibility index (Phi) is 5.50. The number of nitro benzene ring substituents is 1. The van der Waals surface area contributed by atoms with Gasteiger partial charge in [0.2, 0.25) is 11.8 Å². The first-order chi connectivity index (χ1) is 13.4. The van der Waals surface area contributed by atoms with E-state index >= 15 is 0 Å². The number of carbonyl (C=O) groups is 1. The minimum absolute atomic E-state index is 0.0231. The van der Waals surface area contributed by atoms with Gasteiger partial charge in [-0.15, -0.1) is 5.10 Å². The fourth-order valence-corrected chi connectivity index (χ4v) is 2.62. The van der Waals surface area contributed by atoms with Gasteiger partial charge in [-0.2, -0.15) is 0 Å². The number of hydrogen-bond acceptors (Lipinski definition) is 7. The second-order valence-electron chi connectivity index (χ2n) is 5.89. The fourth-order valence-electron chi connectivity index (χ4n) is 2.44. The standard InChI is InChI=1S/C18H16N4O5S/c1-11-3-5-12(6-4-11)17-20-21(18(28)27-17)10-16(23)19-14-8-7-13(26-2)9-15(14)22(24)25/h3-9H,10H2,1-2H3,(H,19,23). The van der Waals surface area contributed by atoms with Crippen molar-refractivity contribution >= 4 is 29.5 Å². The number of benzene rings is 2. The molecule has 0 aliphatic rings. The summed E-state index contributed by atoms with van der Waals surface area (Å²) in [4.78, 5) is 23.0. The molecule has 0 bridgehead atoms. The normalized spacial score (nSPS) is 10.5. The molecule has 0 spiro atoms. The highest BCUT2D eigenvalue weighted by Crippen LogP contribution is 2.29. The predicted molar refractivity (Wildman–Crippen MR) is 104 cm³/mol. The Hall–Kier alpha value is -3.53. The third kappa shape index (κ3) is 4.23. The lowest BCUT2D eigenvalue weighted by Crippen LogP contribution is -2.20. The first-order valence-corrected chi connectivity index (χ1v) is 8.55. The second kappa shape index (κ2) is 8.01. The lowest BCUT2D eigenvalue weighted by atomic mass is 10.1. The SMILES string of the molecule is COc1ccc(NC(=O)Cn2nc(-c3ccc(C)cc3)oc2=S)c([N+](=O)[O-])c1. The monoisotopic (exact) mass is 400 g/mol. The van der Waals surface area contributed by atoms with Crippen LogP contribution in [-0.4, -0.2) is 27.7 Å². The van der Waals surface area contributed by atoms with Gasteiger partial charge in [0.05, 0.1) is 18.1 Å². The maximum atomic E-state index is 12.3. The number of anilines is 1. The van der Waals surface area contributed by atoms with Crippen molar-refractivity contribution in [3.05, 3.63) is 63.0 Å². The summed E-state index contributed by atoms with van der Waals surface area (Å²) in [5.74, 6) is 0.0625. The number of rotatable bonds is 6. The van der Waals surface area contributed by atoms with E-state index < -0.39 is 10.8 Å². The van der Waals surface area contributed by atoms with Gasteiger partial charge in [0.25, 0.3) is 10.5 Å². The zero-order valence-electron chi connectivity index (χ0n) is 15.0. The van der Waals surface area contributed by atoms with Gasteiger partial charge < -0.3 is 14.5 Å². The Morgan fingerprint density at radius 1 is 1.32 bits per heavy atom. The largest absolute Gasteiger partial charge is 0.496 e. The minimum Gasteiger partial charge on any atom is -0.496 e. The molecular formula is C18H16N4O5S. The van der Waals surface area contributed by atoms with E-state index in [0.29, 0.717) is 5.75 Å². The van der Waals surface area contributed by atoms with E-state index in [-0.39, 0.29) is 28.6 Å². The molecule has 0 aliphatic carbocycles. The zero-order valence-corrected chi connectivity index (χ0v) is 15.9. The number of aryl methyl sites for hydroxylation is 1. The van der Waals surface area contributed by atoms with Gasteiger partial charge in [0, 0.05) is 5.56 Å². The average molecular weight is 400 g/mol. The zero-order chi connectivity index (χ0) is 20.3. The molecule has 2 aromatic carbocycles. The lowest BCUT2D eigenvalue weighted by molar-refractivity contribution is -0.384. The van der Waals surface area contributed by atoms with Crippen LogP contribution in [0, 0.1) is 21.9 Å². The summed E-state index contributed by atoms with van der Waals surface area (Å²) in [6.07, 6.45) is 0. The number of nitro groups is 1. The highest BCUT2D eigenvalue weighted by Gasteiger charge is 2.18. The number of nitrogens with one attached hydrogen (secondary N) is 1. The third-order valence-electron chi connectivity index (χ3n) is 3.87. The Balaban J connectivity index is 1.78. The molecule has 3 rings (SSSR count). The summed E-state index contributed by atoms with van der Waals surface area (Å²) >= 11 is 5.11. The Labute approximate surface area is 164 Å². The molecule has 1 heterocycles. The van der Waals surface area contributed by atoms with Gasteiger partial charge in [-0.3, -0.25) is 14.9 Å². The Bertz CT molecular complexity index is 1090. The van der Waals surface area contributed by atoms with Crippen LogP contribution in [0.3, 0.4) is 0 Å². The van der Waals surface area contributed by atoms with Gasteiger partial charge in [0.15, 0.2) is 0 Å². The molecule has 0 saturated carbocycles. The number of amides is 1. The topological polar surface area (TPSA) is 112 Å². The molecule has 0 atom stereocenters. The molecule has 144 valence electrons. The lowest BCUT2D eigenvalue weighted by Gasteiger charge is -2.07. The molecule has 9 nitrogen and oxygen atoms in total. The van der Waals surface area contributed by atoms with Crippen molar-refractivity contribution in [3.63, 3.8) is 0 Å². The van der Waals surface area contributed by atoms with Gasteiger partial charge in [-0.05, 0) is 43.4 Å². The second-order valence-corrected chi connectivity index (χ2v) is 6.23. The van der Waals surface area contributed by atoms with Gasteiger partial charge in [-0.1, -0.05) is 17.7 Å². The summed E-state index contributed by atoms with van der Waals surface area (Å²) in [6.45, 7) is 1.71. The molecule has 1 N–H and O–H groups in total. The Morgan fingerprint density at radius 2 is 2.04 bits per heavy atom. The highest BCUT2D eigenvalue weighted by atomic mass is 32.1. The summed E-state index contributed by atoms with van der Waals surface area (Å²) < 4.78 is 11.6. The van der Waals surface area contributed by atoms with E-state index in [1.807, 2.05) is 31.2 Å². The first-order valence-electron chi connectivity index (χ1n) is 8.14. The molecule has 0 aliphatic heterocycles. The number of hydrogen-bond donors (Lipinski definition) is 1. The maximum absolute atomic E-state index is 12.3. The number of carbonyl (C=O) groups excluding carboxylic acids is 1. The van der Waals surface area contributed by atoms with E-state index in [2.05, 4.69) is 10.4 Å². The van der Waals surface area contributed by atoms with Crippen molar-refractivity contribution in [2.75, 3.05) is 12.4 Å². The van der Waals surface area contributed by atoms with Gasteiger partial charge in [0.1, 0.15) is 18.0 Å². The van der Waals surface area contributed by atoms with Crippen LogP contribution in [0.2, 0.25) is 0 Å². The van der Waals surface area contributed by atoms with Gasteiger partial charge >= 0.3 is 0 Å². The molecule has 1 aromatic heterocycles. The van der Waals surface area contributed by atoms with E-state index in [0.717, 1.165) is 11.1 Å². The van der Waals surface area contributed by atoms with Gasteiger partial charge in [-0.25, -0.2) is 4.68 Å². The average Bonchev–Trinajstić information content (AvgIpc) is 3.02.